The molecule has 0 spiro atoms. The minimum absolute atomic E-state index is 0.0446. The van der Waals surface area contributed by atoms with E-state index in [-0.39, 0.29) is 12.8 Å². The molecule has 29 heavy (non-hydrogen) atoms. The number of piperidine rings is 1. The first-order valence-electron chi connectivity index (χ1n) is 10.1. The van der Waals surface area contributed by atoms with E-state index in [1.807, 2.05) is 16.7 Å². The van der Waals surface area contributed by atoms with Gasteiger partial charge in [-0.3, -0.25) is 4.40 Å². The van der Waals surface area contributed by atoms with Gasteiger partial charge >= 0.3 is 0 Å². The molecule has 1 saturated heterocycles. The minimum Gasteiger partial charge on any atom is -0.370 e. The molecular weight excluding hydrogens is 438 g/mol. The Balaban J connectivity index is 1.34. The molecule has 3 aromatic rings. The van der Waals surface area contributed by atoms with Crippen molar-refractivity contribution in [2.75, 3.05) is 18.0 Å². The Labute approximate surface area is 177 Å². The maximum absolute atomic E-state index is 13.3. The number of hydrogen-bond acceptors (Lipinski definition) is 3. The van der Waals surface area contributed by atoms with E-state index < -0.39 is 11.8 Å². The smallest absolute Gasteiger partial charge is 0.252 e. The number of fused-ring (bicyclic) bond motifs is 1. The van der Waals surface area contributed by atoms with Crippen LogP contribution in [-0.4, -0.2) is 33.6 Å². The summed E-state index contributed by atoms with van der Waals surface area (Å²) in [6, 6.07) is 10.7. The second kappa shape index (κ2) is 7.04. The highest BCUT2D eigenvalue weighted by atomic mass is 79.9. The summed E-state index contributed by atoms with van der Waals surface area (Å²) in [6.45, 7) is 4.14. The maximum atomic E-state index is 13.3. The van der Waals surface area contributed by atoms with Crippen LogP contribution in [0.1, 0.15) is 42.1 Å². The molecule has 1 saturated carbocycles. The Morgan fingerprint density at radius 1 is 1.14 bits per heavy atom. The zero-order valence-corrected chi connectivity index (χ0v) is 17.9. The van der Waals surface area contributed by atoms with Gasteiger partial charge in [-0.25, -0.2) is 8.78 Å². The van der Waals surface area contributed by atoms with E-state index in [2.05, 4.69) is 62.2 Å². The molecule has 0 radical (unpaired) electrons. The lowest BCUT2D eigenvalue weighted by molar-refractivity contribution is 0.0984. The van der Waals surface area contributed by atoms with Crippen LogP contribution < -0.4 is 4.90 Å². The van der Waals surface area contributed by atoms with Crippen LogP contribution >= 0.6 is 15.9 Å². The molecule has 2 fully saturated rings. The number of benzene rings is 1. The Hall–Kier alpha value is -2.02. The lowest BCUT2D eigenvalue weighted by Gasteiger charge is -2.35. The highest BCUT2D eigenvalue weighted by Crippen LogP contribution is 2.50. The van der Waals surface area contributed by atoms with Crippen LogP contribution in [0.25, 0.3) is 5.65 Å². The van der Waals surface area contributed by atoms with Crippen LogP contribution in [-0.2, 0) is 6.42 Å². The van der Waals surface area contributed by atoms with Crippen molar-refractivity contribution in [1.29, 1.82) is 0 Å². The lowest BCUT2D eigenvalue weighted by Crippen LogP contribution is -2.33. The Morgan fingerprint density at radius 2 is 1.86 bits per heavy atom. The maximum Gasteiger partial charge on any atom is 0.252 e. The number of hydrogen-bond donors (Lipinski definition) is 0. The zero-order valence-electron chi connectivity index (χ0n) is 16.3. The molecule has 0 bridgehead atoms. The standard InChI is InChI=1S/C22H23BrF2N4/c1-14-4-2-3-5-17(14)15-6-9-28(10-7-15)18-8-11-29-19(12-16-13-22(16,24)25)26-27-21(29)20(18)23/h2-5,8,11,15-16H,6-7,9-10,12-13H2,1H3. The summed E-state index contributed by atoms with van der Waals surface area (Å²) in [7, 11) is 0. The summed E-state index contributed by atoms with van der Waals surface area (Å²) in [6.07, 6.45) is 4.35. The van der Waals surface area contributed by atoms with Crippen molar-refractivity contribution in [3.63, 3.8) is 0 Å². The molecule has 1 aliphatic heterocycles. The molecule has 5 rings (SSSR count). The minimum atomic E-state index is -2.54. The van der Waals surface area contributed by atoms with Gasteiger partial charge in [-0.2, -0.15) is 0 Å². The fourth-order valence-corrected chi connectivity index (χ4v) is 5.19. The second-order valence-electron chi connectivity index (χ2n) is 8.31. The van der Waals surface area contributed by atoms with E-state index in [1.54, 1.807) is 0 Å². The summed E-state index contributed by atoms with van der Waals surface area (Å²) in [4.78, 5) is 2.38. The third-order valence-electron chi connectivity index (χ3n) is 6.42. The van der Waals surface area contributed by atoms with Crippen LogP contribution in [0.2, 0.25) is 0 Å². The molecule has 4 nitrogen and oxygen atoms in total. The van der Waals surface area contributed by atoms with E-state index >= 15 is 0 Å². The first kappa shape index (κ1) is 19.0. The normalized spacial score (nSPS) is 21.7. The molecule has 2 aliphatic rings. The first-order chi connectivity index (χ1) is 13.9. The monoisotopic (exact) mass is 460 g/mol. The van der Waals surface area contributed by atoms with Crippen LogP contribution in [0, 0.1) is 12.8 Å². The molecule has 1 aromatic carbocycles. The van der Waals surface area contributed by atoms with Crippen LogP contribution in [0.4, 0.5) is 14.5 Å². The van der Waals surface area contributed by atoms with Crippen molar-refractivity contribution in [2.45, 2.75) is 44.4 Å². The van der Waals surface area contributed by atoms with Gasteiger partial charge in [0.05, 0.1) is 10.2 Å². The SMILES string of the molecule is Cc1ccccc1C1CCN(c2ccn3c(CC4CC4(F)F)nnc3c2Br)CC1. The van der Waals surface area contributed by atoms with Crippen molar-refractivity contribution in [1.82, 2.24) is 14.6 Å². The van der Waals surface area contributed by atoms with E-state index in [1.165, 1.54) is 11.1 Å². The molecule has 0 N–H and O–H groups in total. The van der Waals surface area contributed by atoms with Crippen molar-refractivity contribution >= 4 is 27.3 Å². The number of anilines is 1. The number of alkyl halides is 2. The number of nitrogens with zero attached hydrogens (tertiary/aromatic N) is 4. The first-order valence-corrected chi connectivity index (χ1v) is 10.9. The molecule has 152 valence electrons. The number of aromatic nitrogens is 3. The number of halogens is 3. The van der Waals surface area contributed by atoms with Gasteiger partial charge in [-0.05, 0) is 58.8 Å². The van der Waals surface area contributed by atoms with Gasteiger partial charge in [0.1, 0.15) is 5.82 Å². The third kappa shape index (κ3) is 3.43. The van der Waals surface area contributed by atoms with Crippen LogP contribution in [0.5, 0.6) is 0 Å². The predicted octanol–water partition coefficient (Wildman–Crippen LogP) is 5.38. The average Bonchev–Trinajstić information content (AvgIpc) is 3.11. The third-order valence-corrected chi connectivity index (χ3v) is 7.18. The van der Waals surface area contributed by atoms with Gasteiger partial charge in [0, 0.05) is 38.0 Å². The van der Waals surface area contributed by atoms with E-state index in [0.717, 1.165) is 36.1 Å². The van der Waals surface area contributed by atoms with E-state index in [9.17, 15) is 8.78 Å². The molecule has 2 aromatic heterocycles. The quantitative estimate of drug-likeness (QED) is 0.523. The molecule has 3 heterocycles. The van der Waals surface area contributed by atoms with Crippen molar-refractivity contribution in [3.05, 3.63) is 58.0 Å². The van der Waals surface area contributed by atoms with Gasteiger partial charge in [0.15, 0.2) is 5.65 Å². The van der Waals surface area contributed by atoms with Crippen molar-refractivity contribution in [3.8, 4) is 0 Å². The Morgan fingerprint density at radius 3 is 2.55 bits per heavy atom. The molecule has 7 heteroatoms. The predicted molar refractivity (Wildman–Crippen MR) is 113 cm³/mol. The van der Waals surface area contributed by atoms with Gasteiger partial charge in [-0.15, -0.1) is 10.2 Å². The fraction of sp³-hybridized carbons (Fsp3) is 0.455. The van der Waals surface area contributed by atoms with Crippen LogP contribution in [0.3, 0.4) is 0 Å². The van der Waals surface area contributed by atoms with E-state index in [4.69, 9.17) is 0 Å². The molecule has 1 unspecified atom stereocenters. The summed E-state index contributed by atoms with van der Waals surface area (Å²) >= 11 is 3.69. The number of pyridine rings is 1. The summed E-state index contributed by atoms with van der Waals surface area (Å²) < 4.78 is 29.3. The number of aryl methyl sites for hydroxylation is 1. The lowest BCUT2D eigenvalue weighted by atomic mass is 9.87. The molecular formula is C22H23BrF2N4. The van der Waals surface area contributed by atoms with Crippen molar-refractivity contribution < 1.29 is 8.78 Å². The highest BCUT2D eigenvalue weighted by Gasteiger charge is 2.56. The second-order valence-corrected chi connectivity index (χ2v) is 9.10. The Kier molecular flexibility index (Phi) is 4.61. The summed E-state index contributed by atoms with van der Waals surface area (Å²) in [5, 5.41) is 8.45. The van der Waals surface area contributed by atoms with Crippen LogP contribution in [0.15, 0.2) is 41.0 Å². The number of rotatable bonds is 4. The molecule has 0 amide bonds. The molecule has 1 aliphatic carbocycles. The summed E-state index contributed by atoms with van der Waals surface area (Å²) in [5.74, 6) is -1.94. The fourth-order valence-electron chi connectivity index (χ4n) is 4.53. The van der Waals surface area contributed by atoms with Gasteiger partial charge in [-0.1, -0.05) is 24.3 Å². The summed E-state index contributed by atoms with van der Waals surface area (Å²) in [5.41, 5.74) is 4.62. The molecule has 1 atom stereocenters. The highest BCUT2D eigenvalue weighted by molar-refractivity contribution is 9.10. The van der Waals surface area contributed by atoms with Crippen molar-refractivity contribution in [2.24, 2.45) is 5.92 Å². The van der Waals surface area contributed by atoms with Gasteiger partial charge in [0.2, 0.25) is 0 Å². The topological polar surface area (TPSA) is 33.4 Å². The van der Waals surface area contributed by atoms with Gasteiger partial charge < -0.3 is 4.90 Å². The van der Waals surface area contributed by atoms with E-state index in [0.29, 0.717) is 17.4 Å². The Bertz CT molecular complexity index is 1060. The zero-order chi connectivity index (χ0) is 20.2. The van der Waals surface area contributed by atoms with Gasteiger partial charge in [0.25, 0.3) is 5.92 Å². The average molecular weight is 461 g/mol. The largest absolute Gasteiger partial charge is 0.370 e.